The van der Waals surface area contributed by atoms with E-state index in [2.05, 4.69) is 35.4 Å². The molecule has 0 radical (unpaired) electrons. The van der Waals surface area contributed by atoms with Crippen LogP contribution in [0.4, 0.5) is 5.69 Å². The van der Waals surface area contributed by atoms with Crippen LogP contribution in [0.1, 0.15) is 6.92 Å². The molecule has 4 aromatic rings. The summed E-state index contributed by atoms with van der Waals surface area (Å²) in [5.41, 5.74) is 9.30. The molecule has 2 heterocycles. The van der Waals surface area contributed by atoms with Crippen LogP contribution in [-0.4, -0.2) is 14.2 Å². The zero-order valence-electron chi connectivity index (χ0n) is 15.1. The number of para-hydroxylation sites is 2. The van der Waals surface area contributed by atoms with Crippen LogP contribution in [0.15, 0.2) is 85.6 Å². The Kier molecular flexibility index (Phi) is 4.09. The molecule has 0 aliphatic rings. The maximum Gasteiger partial charge on any atom is 0.182 e. The van der Waals surface area contributed by atoms with Gasteiger partial charge in [0, 0.05) is 22.7 Å². The summed E-state index contributed by atoms with van der Waals surface area (Å²) in [4.78, 5) is 0. The maximum atomic E-state index is 10.9. The Morgan fingerprint density at radius 3 is 2.19 bits per heavy atom. The SMILES string of the molecule is C=C/C=C(\C=C/C)n1cc(N)c(O)c1-n1c2ccccc2c2ccccc21. The molecule has 2 aromatic carbocycles. The fourth-order valence-corrected chi connectivity index (χ4v) is 3.57. The first-order valence-electron chi connectivity index (χ1n) is 8.81. The standard InChI is InChI=1S/C23H21N3O/c1-3-9-16(10-4-2)25-15-19(24)22(27)23(25)26-20-13-7-5-11-17(20)18-12-6-8-14-21(18)26/h3-15,27H,1,24H2,2H3/b10-4-,16-9+. The number of aromatic nitrogens is 2. The summed E-state index contributed by atoms with van der Waals surface area (Å²) in [5, 5.41) is 13.1. The molecule has 4 heteroatoms. The van der Waals surface area contributed by atoms with Gasteiger partial charge in [0.05, 0.1) is 16.7 Å². The number of hydrogen-bond donors (Lipinski definition) is 2. The van der Waals surface area contributed by atoms with Crippen LogP contribution in [-0.2, 0) is 0 Å². The minimum atomic E-state index is 0.0565. The monoisotopic (exact) mass is 355 g/mol. The first-order valence-corrected chi connectivity index (χ1v) is 8.81. The van der Waals surface area contributed by atoms with Crippen LogP contribution in [0.5, 0.6) is 5.75 Å². The molecular weight excluding hydrogens is 334 g/mol. The summed E-state index contributed by atoms with van der Waals surface area (Å²) < 4.78 is 3.95. The number of aromatic hydroxyl groups is 1. The van der Waals surface area contributed by atoms with Gasteiger partial charge in [-0.1, -0.05) is 55.1 Å². The molecule has 0 saturated carbocycles. The average Bonchev–Trinajstić information content (AvgIpc) is 3.16. The van der Waals surface area contributed by atoms with Gasteiger partial charge >= 0.3 is 0 Å². The Labute approximate surface area is 157 Å². The number of allylic oxidation sites excluding steroid dienone is 5. The first kappa shape index (κ1) is 16.8. The molecule has 134 valence electrons. The lowest BCUT2D eigenvalue weighted by Crippen LogP contribution is -2.04. The van der Waals surface area contributed by atoms with Crippen molar-refractivity contribution < 1.29 is 5.11 Å². The number of fused-ring (bicyclic) bond motifs is 3. The minimum absolute atomic E-state index is 0.0565. The largest absolute Gasteiger partial charge is 0.503 e. The fourth-order valence-electron chi connectivity index (χ4n) is 3.57. The highest BCUT2D eigenvalue weighted by Crippen LogP contribution is 2.39. The van der Waals surface area contributed by atoms with Crippen LogP contribution in [0.25, 0.3) is 33.3 Å². The molecular formula is C23H21N3O. The van der Waals surface area contributed by atoms with Crippen molar-refractivity contribution in [2.45, 2.75) is 6.92 Å². The number of benzene rings is 2. The Morgan fingerprint density at radius 2 is 1.63 bits per heavy atom. The van der Waals surface area contributed by atoms with Crippen LogP contribution >= 0.6 is 0 Å². The van der Waals surface area contributed by atoms with Gasteiger partial charge in [-0.25, -0.2) is 0 Å². The van der Waals surface area contributed by atoms with E-state index in [1.54, 1.807) is 12.3 Å². The second kappa shape index (κ2) is 6.57. The minimum Gasteiger partial charge on any atom is -0.503 e. The second-order valence-corrected chi connectivity index (χ2v) is 6.32. The zero-order chi connectivity index (χ0) is 19.0. The van der Waals surface area contributed by atoms with Crippen molar-refractivity contribution in [3.05, 3.63) is 85.6 Å². The van der Waals surface area contributed by atoms with Gasteiger partial charge in [0.25, 0.3) is 0 Å². The highest BCUT2D eigenvalue weighted by Gasteiger charge is 2.21. The highest BCUT2D eigenvalue weighted by atomic mass is 16.3. The van der Waals surface area contributed by atoms with E-state index in [1.165, 1.54) is 0 Å². The van der Waals surface area contributed by atoms with Crippen molar-refractivity contribution in [2.75, 3.05) is 5.73 Å². The fraction of sp³-hybridized carbons (Fsp3) is 0.0435. The van der Waals surface area contributed by atoms with E-state index in [0.717, 1.165) is 27.5 Å². The third-order valence-corrected chi connectivity index (χ3v) is 4.68. The van der Waals surface area contributed by atoms with Crippen molar-refractivity contribution in [1.82, 2.24) is 9.13 Å². The predicted octanol–water partition coefficient (Wildman–Crippen LogP) is 5.48. The summed E-state index contributed by atoms with van der Waals surface area (Å²) >= 11 is 0. The Hall–Kier alpha value is -3.66. The molecule has 27 heavy (non-hydrogen) atoms. The van der Waals surface area contributed by atoms with Crippen molar-refractivity contribution in [1.29, 1.82) is 0 Å². The summed E-state index contributed by atoms with van der Waals surface area (Å²) in [5.74, 6) is 0.664. The van der Waals surface area contributed by atoms with E-state index < -0.39 is 0 Å². The van der Waals surface area contributed by atoms with E-state index in [1.807, 2.05) is 54.0 Å². The van der Waals surface area contributed by atoms with E-state index in [-0.39, 0.29) is 5.75 Å². The Morgan fingerprint density at radius 1 is 1.04 bits per heavy atom. The van der Waals surface area contributed by atoms with E-state index in [9.17, 15) is 5.11 Å². The second-order valence-electron chi connectivity index (χ2n) is 6.32. The summed E-state index contributed by atoms with van der Waals surface area (Å²) in [6.07, 6.45) is 9.24. The van der Waals surface area contributed by atoms with E-state index in [0.29, 0.717) is 11.5 Å². The Bertz CT molecular complexity index is 1170. The number of rotatable bonds is 4. The molecule has 0 saturated heterocycles. The normalized spacial score (nSPS) is 12.4. The van der Waals surface area contributed by atoms with Crippen LogP contribution < -0.4 is 5.73 Å². The molecule has 0 aliphatic heterocycles. The summed E-state index contributed by atoms with van der Waals surface area (Å²) in [6.45, 7) is 5.75. The summed E-state index contributed by atoms with van der Waals surface area (Å²) in [6, 6.07) is 16.3. The molecule has 0 unspecified atom stereocenters. The average molecular weight is 355 g/mol. The number of hydrogen-bond acceptors (Lipinski definition) is 2. The van der Waals surface area contributed by atoms with Gasteiger partial charge in [-0.15, -0.1) is 0 Å². The van der Waals surface area contributed by atoms with Gasteiger partial charge < -0.3 is 10.8 Å². The van der Waals surface area contributed by atoms with Crippen molar-refractivity contribution in [3.8, 4) is 11.6 Å². The van der Waals surface area contributed by atoms with Gasteiger partial charge in [-0.2, -0.15) is 0 Å². The third-order valence-electron chi connectivity index (χ3n) is 4.68. The molecule has 2 aromatic heterocycles. The Balaban J connectivity index is 2.17. The molecule has 0 fully saturated rings. The lowest BCUT2D eigenvalue weighted by molar-refractivity contribution is 0.475. The topological polar surface area (TPSA) is 56.1 Å². The molecule has 4 nitrogen and oxygen atoms in total. The number of anilines is 1. The van der Waals surface area contributed by atoms with E-state index >= 15 is 0 Å². The van der Waals surface area contributed by atoms with Gasteiger partial charge in [-0.3, -0.25) is 9.13 Å². The highest BCUT2D eigenvalue weighted by molar-refractivity contribution is 6.09. The van der Waals surface area contributed by atoms with Crippen LogP contribution in [0, 0.1) is 0 Å². The molecule has 4 rings (SSSR count). The zero-order valence-corrected chi connectivity index (χ0v) is 15.1. The van der Waals surface area contributed by atoms with Crippen molar-refractivity contribution in [3.63, 3.8) is 0 Å². The molecule has 0 spiro atoms. The van der Waals surface area contributed by atoms with E-state index in [4.69, 9.17) is 5.73 Å². The number of nitrogens with zero attached hydrogens (tertiary/aromatic N) is 2. The van der Waals surface area contributed by atoms with Crippen molar-refractivity contribution >= 4 is 33.2 Å². The van der Waals surface area contributed by atoms with Crippen molar-refractivity contribution in [2.24, 2.45) is 0 Å². The maximum absolute atomic E-state index is 10.9. The number of nitrogen functional groups attached to an aromatic ring is 1. The molecule has 0 atom stereocenters. The number of nitrogens with two attached hydrogens (primary N) is 1. The van der Waals surface area contributed by atoms with Crippen LogP contribution in [0.3, 0.4) is 0 Å². The first-order chi connectivity index (χ1) is 13.2. The van der Waals surface area contributed by atoms with Gasteiger partial charge in [-0.05, 0) is 31.2 Å². The quantitative estimate of drug-likeness (QED) is 0.477. The molecule has 0 aliphatic carbocycles. The van der Waals surface area contributed by atoms with Gasteiger partial charge in [0.15, 0.2) is 11.6 Å². The van der Waals surface area contributed by atoms with Gasteiger partial charge in [0.2, 0.25) is 0 Å². The predicted molar refractivity (Wildman–Crippen MR) is 114 cm³/mol. The van der Waals surface area contributed by atoms with Crippen LogP contribution in [0.2, 0.25) is 0 Å². The molecule has 3 N–H and O–H groups in total. The van der Waals surface area contributed by atoms with Gasteiger partial charge in [0.1, 0.15) is 0 Å². The molecule has 0 amide bonds. The summed E-state index contributed by atoms with van der Waals surface area (Å²) in [7, 11) is 0. The lowest BCUT2D eigenvalue weighted by atomic mass is 10.2. The molecule has 0 bridgehead atoms. The lowest BCUT2D eigenvalue weighted by Gasteiger charge is -2.14. The third kappa shape index (κ3) is 2.54. The smallest absolute Gasteiger partial charge is 0.182 e.